The predicted molar refractivity (Wildman–Crippen MR) is 68.9 cm³/mol. The van der Waals surface area contributed by atoms with Crippen LogP contribution in [-0.2, 0) is 9.53 Å². The molecule has 1 saturated heterocycles. The first-order valence-corrected chi connectivity index (χ1v) is 6.79. The Kier molecular flexibility index (Phi) is 7.21. The zero-order chi connectivity index (χ0) is 12.5. The van der Waals surface area contributed by atoms with Gasteiger partial charge in [-0.25, -0.2) is 0 Å². The van der Waals surface area contributed by atoms with Gasteiger partial charge < -0.3 is 15.4 Å². The molecule has 1 amide bonds. The van der Waals surface area contributed by atoms with Crippen LogP contribution in [0, 0.1) is 11.8 Å². The average Bonchev–Trinajstić information content (AvgIpc) is 2.34. The lowest BCUT2D eigenvalue weighted by molar-refractivity contribution is -0.121. The average molecular weight is 242 g/mol. The normalized spacial score (nSPS) is 24.6. The summed E-state index contributed by atoms with van der Waals surface area (Å²) in [6.07, 6.45) is 2.57. The van der Waals surface area contributed by atoms with Crippen molar-refractivity contribution in [2.75, 3.05) is 32.8 Å². The second kappa shape index (κ2) is 8.48. The maximum absolute atomic E-state index is 11.6. The van der Waals surface area contributed by atoms with Crippen LogP contribution in [0.1, 0.15) is 33.1 Å². The number of carbonyl (C=O) groups excluding carboxylic acids is 1. The van der Waals surface area contributed by atoms with E-state index in [9.17, 15) is 4.79 Å². The maximum atomic E-state index is 11.6. The standard InChI is InChI=1S/C13H26N2O2/c1-3-17-8-4-5-13(16)15-10-12-6-7-14-9-11(12)2/h11-12,14H,3-10H2,1-2H3,(H,15,16). The fourth-order valence-electron chi connectivity index (χ4n) is 2.18. The van der Waals surface area contributed by atoms with Crippen molar-refractivity contribution in [3.8, 4) is 0 Å². The fraction of sp³-hybridized carbons (Fsp3) is 0.923. The minimum absolute atomic E-state index is 0.162. The molecule has 0 radical (unpaired) electrons. The summed E-state index contributed by atoms with van der Waals surface area (Å²) in [5.74, 6) is 1.45. The van der Waals surface area contributed by atoms with Gasteiger partial charge in [0.2, 0.25) is 5.91 Å². The third-order valence-electron chi connectivity index (χ3n) is 3.42. The Morgan fingerprint density at radius 2 is 2.35 bits per heavy atom. The smallest absolute Gasteiger partial charge is 0.220 e. The molecule has 0 aromatic rings. The largest absolute Gasteiger partial charge is 0.382 e. The molecule has 4 heteroatoms. The van der Waals surface area contributed by atoms with Crippen molar-refractivity contribution in [1.82, 2.24) is 10.6 Å². The summed E-state index contributed by atoms with van der Waals surface area (Å²) in [6, 6.07) is 0. The number of amides is 1. The summed E-state index contributed by atoms with van der Waals surface area (Å²) in [5, 5.41) is 6.41. The number of ether oxygens (including phenoxy) is 1. The number of piperidine rings is 1. The van der Waals surface area contributed by atoms with Crippen LogP contribution < -0.4 is 10.6 Å². The summed E-state index contributed by atoms with van der Waals surface area (Å²) in [5.41, 5.74) is 0. The molecule has 1 heterocycles. The molecule has 0 spiro atoms. The van der Waals surface area contributed by atoms with Crippen molar-refractivity contribution in [1.29, 1.82) is 0 Å². The van der Waals surface area contributed by atoms with Crippen molar-refractivity contribution in [2.45, 2.75) is 33.1 Å². The SMILES string of the molecule is CCOCCCC(=O)NCC1CCNCC1C. The highest BCUT2D eigenvalue weighted by atomic mass is 16.5. The Morgan fingerprint density at radius 1 is 1.53 bits per heavy atom. The third kappa shape index (κ3) is 6.03. The molecule has 4 nitrogen and oxygen atoms in total. The van der Waals surface area contributed by atoms with E-state index in [0.29, 0.717) is 24.9 Å². The number of hydrogen-bond acceptors (Lipinski definition) is 3. The Labute approximate surface area is 104 Å². The topological polar surface area (TPSA) is 50.4 Å². The van der Waals surface area contributed by atoms with Gasteiger partial charge in [-0.05, 0) is 44.7 Å². The zero-order valence-corrected chi connectivity index (χ0v) is 11.1. The van der Waals surface area contributed by atoms with Crippen molar-refractivity contribution in [3.63, 3.8) is 0 Å². The van der Waals surface area contributed by atoms with Gasteiger partial charge in [0.15, 0.2) is 0 Å². The van der Waals surface area contributed by atoms with Crippen LogP contribution in [0.15, 0.2) is 0 Å². The van der Waals surface area contributed by atoms with Gasteiger partial charge in [-0.2, -0.15) is 0 Å². The van der Waals surface area contributed by atoms with E-state index in [0.717, 1.165) is 32.7 Å². The lowest BCUT2D eigenvalue weighted by Gasteiger charge is -2.29. The van der Waals surface area contributed by atoms with E-state index in [-0.39, 0.29) is 5.91 Å². The molecule has 1 fully saturated rings. The first-order valence-electron chi connectivity index (χ1n) is 6.79. The monoisotopic (exact) mass is 242 g/mol. The summed E-state index contributed by atoms with van der Waals surface area (Å²) in [7, 11) is 0. The van der Waals surface area contributed by atoms with E-state index < -0.39 is 0 Å². The summed E-state index contributed by atoms with van der Waals surface area (Å²) in [6.45, 7) is 8.62. The Hall–Kier alpha value is -0.610. The minimum atomic E-state index is 0.162. The number of nitrogens with one attached hydrogen (secondary N) is 2. The van der Waals surface area contributed by atoms with Crippen LogP contribution >= 0.6 is 0 Å². The molecule has 0 aliphatic carbocycles. The van der Waals surface area contributed by atoms with Crippen molar-refractivity contribution in [3.05, 3.63) is 0 Å². The summed E-state index contributed by atoms with van der Waals surface area (Å²) in [4.78, 5) is 11.6. The van der Waals surface area contributed by atoms with E-state index in [4.69, 9.17) is 4.74 Å². The minimum Gasteiger partial charge on any atom is -0.382 e. The second-order valence-corrected chi connectivity index (χ2v) is 4.83. The molecule has 2 N–H and O–H groups in total. The van der Waals surface area contributed by atoms with Gasteiger partial charge in [-0.1, -0.05) is 6.92 Å². The van der Waals surface area contributed by atoms with Gasteiger partial charge in [0.05, 0.1) is 0 Å². The van der Waals surface area contributed by atoms with Gasteiger partial charge >= 0.3 is 0 Å². The molecule has 2 unspecified atom stereocenters. The van der Waals surface area contributed by atoms with Gasteiger partial charge in [0.1, 0.15) is 0 Å². The lowest BCUT2D eigenvalue weighted by atomic mass is 9.88. The molecule has 0 bridgehead atoms. The molecule has 17 heavy (non-hydrogen) atoms. The Balaban J connectivity index is 2.06. The number of rotatable bonds is 7. The Morgan fingerprint density at radius 3 is 3.06 bits per heavy atom. The van der Waals surface area contributed by atoms with Gasteiger partial charge in [0.25, 0.3) is 0 Å². The zero-order valence-electron chi connectivity index (χ0n) is 11.1. The molecule has 1 aliphatic rings. The fourth-order valence-corrected chi connectivity index (χ4v) is 2.18. The van der Waals surface area contributed by atoms with Crippen molar-refractivity contribution < 1.29 is 9.53 Å². The molecule has 100 valence electrons. The van der Waals surface area contributed by atoms with E-state index in [2.05, 4.69) is 17.6 Å². The van der Waals surface area contributed by atoms with Crippen molar-refractivity contribution in [2.24, 2.45) is 11.8 Å². The summed E-state index contributed by atoms with van der Waals surface area (Å²) >= 11 is 0. The highest BCUT2D eigenvalue weighted by Gasteiger charge is 2.21. The molecular formula is C13H26N2O2. The van der Waals surface area contributed by atoms with Gasteiger partial charge in [-0.15, -0.1) is 0 Å². The molecule has 0 aromatic heterocycles. The molecular weight excluding hydrogens is 216 g/mol. The first-order chi connectivity index (χ1) is 8.24. The molecule has 0 aromatic carbocycles. The van der Waals surface area contributed by atoms with E-state index in [1.165, 1.54) is 6.42 Å². The van der Waals surface area contributed by atoms with Gasteiger partial charge in [0, 0.05) is 26.2 Å². The highest BCUT2D eigenvalue weighted by Crippen LogP contribution is 2.17. The van der Waals surface area contributed by atoms with Crippen LogP contribution in [0.4, 0.5) is 0 Å². The van der Waals surface area contributed by atoms with E-state index in [1.54, 1.807) is 0 Å². The second-order valence-electron chi connectivity index (χ2n) is 4.83. The van der Waals surface area contributed by atoms with Crippen LogP contribution in [0.3, 0.4) is 0 Å². The van der Waals surface area contributed by atoms with Crippen LogP contribution in [-0.4, -0.2) is 38.8 Å². The summed E-state index contributed by atoms with van der Waals surface area (Å²) < 4.78 is 5.21. The number of hydrogen-bond donors (Lipinski definition) is 2. The molecule has 0 saturated carbocycles. The van der Waals surface area contributed by atoms with Crippen LogP contribution in [0.5, 0.6) is 0 Å². The van der Waals surface area contributed by atoms with Crippen LogP contribution in [0.25, 0.3) is 0 Å². The first kappa shape index (κ1) is 14.5. The number of carbonyl (C=O) groups is 1. The van der Waals surface area contributed by atoms with E-state index in [1.807, 2.05) is 6.92 Å². The molecule has 2 atom stereocenters. The van der Waals surface area contributed by atoms with Crippen LogP contribution in [0.2, 0.25) is 0 Å². The highest BCUT2D eigenvalue weighted by molar-refractivity contribution is 5.75. The quantitative estimate of drug-likeness (QED) is 0.659. The van der Waals surface area contributed by atoms with Crippen molar-refractivity contribution >= 4 is 5.91 Å². The third-order valence-corrected chi connectivity index (χ3v) is 3.42. The predicted octanol–water partition coefficient (Wildman–Crippen LogP) is 1.16. The van der Waals surface area contributed by atoms with E-state index >= 15 is 0 Å². The molecule has 1 aliphatic heterocycles. The van der Waals surface area contributed by atoms with Gasteiger partial charge in [-0.3, -0.25) is 4.79 Å². The molecule has 1 rings (SSSR count). The maximum Gasteiger partial charge on any atom is 0.220 e. The Bertz CT molecular complexity index is 221. The lowest BCUT2D eigenvalue weighted by Crippen LogP contribution is -2.41.